The number of allylic oxidation sites excluding steroid dienone is 6. The normalized spacial score (nSPS) is 21.3. The van der Waals surface area contributed by atoms with E-state index >= 15 is 0 Å². The van der Waals surface area contributed by atoms with E-state index in [4.69, 9.17) is 11.3 Å². The van der Waals surface area contributed by atoms with E-state index in [2.05, 4.69) is 29.6 Å². The quantitative estimate of drug-likeness (QED) is 0.106. The third-order valence-electron chi connectivity index (χ3n) is 8.36. The summed E-state index contributed by atoms with van der Waals surface area (Å²) < 4.78 is 28.1. The number of nitrogens with one attached hydrogen (secondary N) is 1. The Hall–Kier alpha value is -3.45. The first-order valence-corrected chi connectivity index (χ1v) is 15.2. The van der Waals surface area contributed by atoms with E-state index in [1.54, 1.807) is 35.9 Å². The van der Waals surface area contributed by atoms with Crippen molar-refractivity contribution in [3.05, 3.63) is 94.5 Å². The fourth-order valence-corrected chi connectivity index (χ4v) is 5.93. The minimum Gasteiger partial charge on any atom is -0.313 e. The molecule has 0 radical (unpaired) electrons. The molecule has 5 nitrogen and oxygen atoms in total. The van der Waals surface area contributed by atoms with Gasteiger partial charge in [-0.15, -0.1) is 0 Å². The zero-order valence-corrected chi connectivity index (χ0v) is 25.5. The van der Waals surface area contributed by atoms with Gasteiger partial charge in [0.25, 0.3) is 5.92 Å². The number of nitrogens with two attached hydrogens (primary N) is 1. The molecule has 1 aliphatic carbocycles. The Morgan fingerprint density at radius 2 is 2.02 bits per heavy atom. The minimum atomic E-state index is -3.01. The lowest BCUT2D eigenvalue weighted by Gasteiger charge is -2.29. The number of halogens is 2. The van der Waals surface area contributed by atoms with Crippen LogP contribution in [0.5, 0.6) is 0 Å². The molecule has 0 saturated heterocycles. The Morgan fingerprint density at radius 1 is 1.26 bits per heavy atom. The zero-order valence-electron chi connectivity index (χ0n) is 25.5. The summed E-state index contributed by atoms with van der Waals surface area (Å²) >= 11 is 0. The van der Waals surface area contributed by atoms with Crippen molar-refractivity contribution >= 4 is 18.8 Å². The SMILES string of the molecule is C=CC(F)(F)c1ccc(C(CC=C2CCCC(C(CC=N)=C3C(C=CN=CC)=C(C)N=CN3N)CC2)CCCC)cc1. The summed E-state index contributed by atoms with van der Waals surface area (Å²) in [6, 6.07) is 6.82. The van der Waals surface area contributed by atoms with Crippen LogP contribution in [0.25, 0.3) is 0 Å². The van der Waals surface area contributed by atoms with Crippen LogP contribution < -0.4 is 5.84 Å². The van der Waals surface area contributed by atoms with Crippen LogP contribution >= 0.6 is 0 Å². The van der Waals surface area contributed by atoms with Crippen LogP contribution in [0.2, 0.25) is 0 Å². The second-order valence-electron chi connectivity index (χ2n) is 11.2. The summed E-state index contributed by atoms with van der Waals surface area (Å²) in [7, 11) is 0. The van der Waals surface area contributed by atoms with Crippen molar-refractivity contribution < 1.29 is 8.78 Å². The second-order valence-corrected chi connectivity index (χ2v) is 11.2. The summed E-state index contributed by atoms with van der Waals surface area (Å²) in [5, 5.41) is 9.55. The van der Waals surface area contributed by atoms with Gasteiger partial charge in [0.05, 0.1) is 5.70 Å². The van der Waals surface area contributed by atoms with E-state index in [1.807, 2.05) is 32.1 Å². The van der Waals surface area contributed by atoms with Crippen LogP contribution in [0.3, 0.4) is 0 Å². The topological polar surface area (TPSA) is 77.8 Å². The first kappa shape index (κ1) is 33.1. The summed E-state index contributed by atoms with van der Waals surface area (Å²) in [5.41, 5.74) is 6.49. The molecule has 0 spiro atoms. The molecule has 1 aromatic carbocycles. The van der Waals surface area contributed by atoms with Crippen molar-refractivity contribution in [2.75, 3.05) is 0 Å². The van der Waals surface area contributed by atoms with E-state index in [1.165, 1.54) is 17.4 Å². The standard InChI is InChI=1S/C35H47F2N5/c1-5-8-11-28(29-17-19-31(20-18-29)35(36,37)6-2)15-13-27-10-9-12-30(16-14-27)33(21-23-38)34-32(22-24-40-7-3)26(4)41-25-42(34)39/h6-7,13,17-20,22-25,28,30,38H,2,5,8-12,14-16,21,39H2,1,3-4H3. The molecule has 42 heavy (non-hydrogen) atoms. The Bertz CT molecular complexity index is 1250. The van der Waals surface area contributed by atoms with Crippen molar-refractivity contribution in [1.82, 2.24) is 5.01 Å². The zero-order chi connectivity index (χ0) is 30.5. The van der Waals surface area contributed by atoms with E-state index in [-0.39, 0.29) is 5.56 Å². The molecule has 1 saturated carbocycles. The third kappa shape index (κ3) is 8.78. The molecular weight excluding hydrogens is 528 g/mol. The highest BCUT2D eigenvalue weighted by Crippen LogP contribution is 2.39. The molecule has 3 rings (SSSR count). The number of benzene rings is 1. The molecule has 0 aromatic heterocycles. The lowest BCUT2D eigenvalue weighted by molar-refractivity contribution is 0.0525. The van der Waals surface area contributed by atoms with Crippen LogP contribution in [-0.4, -0.2) is 23.8 Å². The van der Waals surface area contributed by atoms with Gasteiger partial charge in [-0.05, 0) is 100 Å². The Balaban J connectivity index is 1.81. The maximum atomic E-state index is 14.1. The predicted octanol–water partition coefficient (Wildman–Crippen LogP) is 9.52. The van der Waals surface area contributed by atoms with Gasteiger partial charge in [-0.2, -0.15) is 8.78 Å². The number of aliphatic imine (C=N–C) groups is 2. The van der Waals surface area contributed by atoms with Crippen LogP contribution in [-0.2, 0) is 5.92 Å². The number of unbranched alkanes of at least 4 members (excludes halogenated alkanes) is 1. The molecule has 7 heteroatoms. The van der Waals surface area contributed by atoms with Crippen molar-refractivity contribution in [2.45, 2.75) is 96.8 Å². The van der Waals surface area contributed by atoms with E-state index < -0.39 is 5.92 Å². The molecular formula is C35H47F2N5. The first-order valence-electron chi connectivity index (χ1n) is 15.2. The molecule has 0 bridgehead atoms. The summed E-state index contributed by atoms with van der Waals surface area (Å²) in [4.78, 5) is 8.69. The maximum absolute atomic E-state index is 14.1. The number of hydrazine groups is 1. The molecule has 1 aliphatic heterocycles. The van der Waals surface area contributed by atoms with Gasteiger partial charge in [0.1, 0.15) is 6.34 Å². The van der Waals surface area contributed by atoms with E-state index in [0.29, 0.717) is 24.3 Å². The molecule has 1 heterocycles. The van der Waals surface area contributed by atoms with Gasteiger partial charge in [0.15, 0.2) is 0 Å². The molecule has 226 valence electrons. The third-order valence-corrected chi connectivity index (χ3v) is 8.36. The molecule has 1 fully saturated rings. The van der Waals surface area contributed by atoms with Gasteiger partial charge in [-0.25, -0.2) is 10.8 Å². The molecule has 2 atom stereocenters. The number of hydrogen-bond acceptors (Lipinski definition) is 5. The fraction of sp³-hybridized carbons (Fsp3) is 0.457. The molecule has 1 aromatic rings. The Kier molecular flexibility index (Phi) is 12.8. The number of alkyl halides is 2. The van der Waals surface area contributed by atoms with Crippen LogP contribution in [0.15, 0.2) is 93.4 Å². The summed E-state index contributed by atoms with van der Waals surface area (Å²) in [5.74, 6) is 4.05. The first-order chi connectivity index (χ1) is 20.2. The smallest absolute Gasteiger partial charge is 0.291 e. The van der Waals surface area contributed by atoms with Crippen LogP contribution in [0.4, 0.5) is 8.78 Å². The van der Waals surface area contributed by atoms with Gasteiger partial charge < -0.3 is 5.41 Å². The monoisotopic (exact) mass is 575 g/mol. The Morgan fingerprint density at radius 3 is 2.69 bits per heavy atom. The van der Waals surface area contributed by atoms with Crippen molar-refractivity contribution in [2.24, 2.45) is 21.7 Å². The van der Waals surface area contributed by atoms with Crippen molar-refractivity contribution in [3.63, 3.8) is 0 Å². The largest absolute Gasteiger partial charge is 0.313 e. The maximum Gasteiger partial charge on any atom is 0.291 e. The van der Waals surface area contributed by atoms with Crippen LogP contribution in [0.1, 0.15) is 102 Å². The van der Waals surface area contributed by atoms with Gasteiger partial charge in [0.2, 0.25) is 0 Å². The average molecular weight is 576 g/mol. The number of rotatable bonds is 13. The lowest BCUT2D eigenvalue weighted by atomic mass is 9.85. The lowest BCUT2D eigenvalue weighted by Crippen LogP contribution is -2.34. The summed E-state index contributed by atoms with van der Waals surface area (Å²) in [6.45, 7) is 9.31. The molecule has 3 N–H and O–H groups in total. The van der Waals surface area contributed by atoms with E-state index in [0.717, 1.165) is 80.3 Å². The molecule has 0 amide bonds. The fourth-order valence-electron chi connectivity index (χ4n) is 5.93. The number of nitrogens with zero attached hydrogens (tertiary/aromatic N) is 3. The van der Waals surface area contributed by atoms with Crippen molar-refractivity contribution in [1.29, 1.82) is 5.41 Å². The van der Waals surface area contributed by atoms with E-state index in [9.17, 15) is 8.78 Å². The average Bonchev–Trinajstić information content (AvgIpc) is 3.24. The van der Waals surface area contributed by atoms with Gasteiger partial charge in [0, 0.05) is 35.7 Å². The van der Waals surface area contributed by atoms with Gasteiger partial charge in [-0.3, -0.25) is 10.0 Å². The van der Waals surface area contributed by atoms with Crippen molar-refractivity contribution in [3.8, 4) is 0 Å². The molecule has 2 aliphatic rings. The van der Waals surface area contributed by atoms with Gasteiger partial charge in [-0.1, -0.05) is 62.3 Å². The highest BCUT2D eigenvalue weighted by Gasteiger charge is 2.28. The highest BCUT2D eigenvalue weighted by atomic mass is 19.3. The second kappa shape index (κ2) is 16.3. The van der Waals surface area contributed by atoms with Gasteiger partial charge >= 0.3 is 0 Å². The predicted molar refractivity (Wildman–Crippen MR) is 173 cm³/mol. The molecule has 2 unspecified atom stereocenters. The summed E-state index contributed by atoms with van der Waals surface area (Å²) in [6.07, 6.45) is 21.5. The Labute approximate surface area is 250 Å². The number of hydrogen-bond donors (Lipinski definition) is 2. The minimum absolute atomic E-state index is 0.0134. The van der Waals surface area contributed by atoms with Crippen LogP contribution in [0, 0.1) is 11.3 Å². The highest BCUT2D eigenvalue weighted by molar-refractivity contribution is 5.69.